The van der Waals surface area contributed by atoms with E-state index in [9.17, 15) is 22.8 Å². The Kier molecular flexibility index (Phi) is 5.28. The SMILES string of the molecule is CCOC(=O)C(Cc1ccc(OC(F)(F)F)cc1)C(=O)C1CC1. The van der Waals surface area contributed by atoms with Gasteiger partial charge in [0.1, 0.15) is 11.7 Å². The Hall–Kier alpha value is -2.05. The normalized spacial score (nSPS) is 15.8. The molecular formula is C16H17F3O4. The summed E-state index contributed by atoms with van der Waals surface area (Å²) in [6.45, 7) is 1.82. The Morgan fingerprint density at radius 2 is 1.83 bits per heavy atom. The molecule has 0 aromatic heterocycles. The van der Waals surface area contributed by atoms with Gasteiger partial charge in [-0.1, -0.05) is 12.1 Å². The number of carbonyl (C=O) groups excluding carboxylic acids is 2. The summed E-state index contributed by atoms with van der Waals surface area (Å²) in [6, 6.07) is 5.14. The average molecular weight is 330 g/mol. The zero-order chi connectivity index (χ0) is 17.0. The van der Waals surface area contributed by atoms with Crippen molar-refractivity contribution in [3.8, 4) is 5.75 Å². The molecular weight excluding hydrogens is 313 g/mol. The standard InChI is InChI=1S/C16H17F3O4/c1-2-22-15(21)13(14(20)11-5-6-11)9-10-3-7-12(8-4-10)23-16(17,18)19/h3-4,7-8,11,13H,2,5-6,9H2,1H3. The van der Waals surface area contributed by atoms with Crippen LogP contribution in [0, 0.1) is 11.8 Å². The summed E-state index contributed by atoms with van der Waals surface area (Å²) >= 11 is 0. The highest BCUT2D eigenvalue weighted by molar-refractivity contribution is 6.01. The second-order valence-electron chi connectivity index (χ2n) is 5.38. The molecule has 0 spiro atoms. The van der Waals surface area contributed by atoms with Gasteiger partial charge in [-0.25, -0.2) is 0 Å². The number of hydrogen-bond donors (Lipinski definition) is 0. The molecule has 0 heterocycles. The van der Waals surface area contributed by atoms with Gasteiger partial charge in [0.2, 0.25) is 0 Å². The van der Waals surface area contributed by atoms with Gasteiger partial charge < -0.3 is 9.47 Å². The number of halogens is 3. The monoisotopic (exact) mass is 330 g/mol. The fourth-order valence-electron chi connectivity index (χ4n) is 2.26. The lowest BCUT2D eigenvalue weighted by Crippen LogP contribution is -2.29. The third-order valence-corrected chi connectivity index (χ3v) is 3.49. The summed E-state index contributed by atoms with van der Waals surface area (Å²) in [7, 11) is 0. The van der Waals surface area contributed by atoms with Crippen LogP contribution in [0.2, 0.25) is 0 Å². The number of esters is 1. The van der Waals surface area contributed by atoms with E-state index in [1.165, 1.54) is 12.1 Å². The first kappa shape index (κ1) is 17.3. The lowest BCUT2D eigenvalue weighted by atomic mass is 9.93. The van der Waals surface area contributed by atoms with Gasteiger partial charge in [0.05, 0.1) is 6.61 Å². The first-order valence-corrected chi connectivity index (χ1v) is 7.35. The van der Waals surface area contributed by atoms with Crippen LogP contribution in [0.15, 0.2) is 24.3 Å². The fraction of sp³-hybridized carbons (Fsp3) is 0.500. The van der Waals surface area contributed by atoms with Gasteiger partial charge in [0.15, 0.2) is 5.78 Å². The van der Waals surface area contributed by atoms with E-state index < -0.39 is 18.2 Å². The molecule has 0 N–H and O–H groups in total. The molecule has 4 nitrogen and oxygen atoms in total. The molecule has 0 bridgehead atoms. The number of ketones is 1. The van der Waals surface area contributed by atoms with E-state index in [0.29, 0.717) is 5.56 Å². The van der Waals surface area contributed by atoms with Crippen LogP contribution in [-0.2, 0) is 20.7 Å². The maximum atomic E-state index is 12.2. The molecule has 2 rings (SSSR count). The zero-order valence-electron chi connectivity index (χ0n) is 12.6. The summed E-state index contributed by atoms with van der Waals surface area (Å²) in [5.41, 5.74) is 0.576. The van der Waals surface area contributed by atoms with Gasteiger partial charge in [0.25, 0.3) is 0 Å². The minimum Gasteiger partial charge on any atom is -0.465 e. The van der Waals surface area contributed by atoms with E-state index in [1.807, 2.05) is 0 Å². The number of carbonyl (C=O) groups is 2. The van der Waals surface area contributed by atoms with E-state index >= 15 is 0 Å². The number of rotatable bonds is 7. The van der Waals surface area contributed by atoms with E-state index in [4.69, 9.17) is 4.74 Å². The molecule has 0 aliphatic heterocycles. The van der Waals surface area contributed by atoms with Crippen LogP contribution in [0.3, 0.4) is 0 Å². The Labute approximate surface area is 131 Å². The zero-order valence-corrected chi connectivity index (χ0v) is 12.6. The van der Waals surface area contributed by atoms with Gasteiger partial charge in [-0.3, -0.25) is 9.59 Å². The summed E-state index contributed by atoms with van der Waals surface area (Å²) in [5, 5.41) is 0. The van der Waals surface area contributed by atoms with Crippen molar-refractivity contribution in [3.63, 3.8) is 0 Å². The van der Waals surface area contributed by atoms with E-state index in [0.717, 1.165) is 25.0 Å². The quantitative estimate of drug-likeness (QED) is 0.569. The first-order chi connectivity index (χ1) is 10.8. The maximum Gasteiger partial charge on any atom is 0.573 e. The summed E-state index contributed by atoms with van der Waals surface area (Å²) in [6.07, 6.45) is -3.10. The van der Waals surface area contributed by atoms with E-state index in [-0.39, 0.29) is 30.5 Å². The predicted molar refractivity (Wildman–Crippen MR) is 74.7 cm³/mol. The van der Waals surface area contributed by atoms with Gasteiger partial charge in [-0.15, -0.1) is 13.2 Å². The van der Waals surface area contributed by atoms with Crippen molar-refractivity contribution in [3.05, 3.63) is 29.8 Å². The number of ether oxygens (including phenoxy) is 2. The molecule has 1 atom stereocenters. The molecule has 7 heteroatoms. The minimum absolute atomic E-state index is 0.0998. The predicted octanol–water partition coefficient (Wildman–Crippen LogP) is 3.29. The van der Waals surface area contributed by atoms with Gasteiger partial charge in [0, 0.05) is 5.92 Å². The van der Waals surface area contributed by atoms with E-state index in [2.05, 4.69) is 4.74 Å². The van der Waals surface area contributed by atoms with Crippen molar-refractivity contribution in [2.24, 2.45) is 11.8 Å². The number of hydrogen-bond acceptors (Lipinski definition) is 4. The molecule has 126 valence electrons. The molecule has 23 heavy (non-hydrogen) atoms. The van der Waals surface area contributed by atoms with Crippen molar-refractivity contribution in [2.75, 3.05) is 6.61 Å². The lowest BCUT2D eigenvalue weighted by Gasteiger charge is -2.15. The van der Waals surface area contributed by atoms with Crippen LogP contribution in [0.4, 0.5) is 13.2 Å². The Bertz CT molecular complexity index is 562. The number of Topliss-reactive ketones (excluding diaryl/α,β-unsaturated/α-hetero) is 1. The van der Waals surface area contributed by atoms with Crippen LogP contribution in [0.1, 0.15) is 25.3 Å². The largest absolute Gasteiger partial charge is 0.573 e. The van der Waals surface area contributed by atoms with E-state index in [1.54, 1.807) is 6.92 Å². The molecule has 1 aliphatic carbocycles. The molecule has 1 aliphatic rings. The molecule has 1 unspecified atom stereocenters. The molecule has 1 aromatic carbocycles. The molecule has 1 saturated carbocycles. The van der Waals surface area contributed by atoms with Crippen molar-refractivity contribution >= 4 is 11.8 Å². The van der Waals surface area contributed by atoms with Crippen LogP contribution in [0.25, 0.3) is 0 Å². The third-order valence-electron chi connectivity index (χ3n) is 3.49. The number of alkyl halides is 3. The molecule has 1 fully saturated rings. The average Bonchev–Trinajstić information content (AvgIpc) is 3.29. The van der Waals surface area contributed by atoms with Gasteiger partial charge in [-0.05, 0) is 43.9 Å². The van der Waals surface area contributed by atoms with Gasteiger partial charge in [-0.2, -0.15) is 0 Å². The Morgan fingerprint density at radius 1 is 1.22 bits per heavy atom. The van der Waals surface area contributed by atoms with Crippen molar-refractivity contribution in [1.29, 1.82) is 0 Å². The fourth-order valence-corrected chi connectivity index (χ4v) is 2.26. The second kappa shape index (κ2) is 7.02. The molecule has 0 radical (unpaired) electrons. The lowest BCUT2D eigenvalue weighted by molar-refractivity contribution is -0.274. The van der Waals surface area contributed by atoms with Crippen LogP contribution >= 0.6 is 0 Å². The van der Waals surface area contributed by atoms with Crippen molar-refractivity contribution in [2.45, 2.75) is 32.5 Å². The van der Waals surface area contributed by atoms with Crippen LogP contribution in [0.5, 0.6) is 5.75 Å². The maximum absolute atomic E-state index is 12.2. The minimum atomic E-state index is -4.75. The van der Waals surface area contributed by atoms with Gasteiger partial charge >= 0.3 is 12.3 Å². The highest BCUT2D eigenvalue weighted by atomic mass is 19.4. The third kappa shape index (κ3) is 5.26. The van der Waals surface area contributed by atoms with Crippen LogP contribution < -0.4 is 4.74 Å². The summed E-state index contributed by atoms with van der Waals surface area (Å²) < 4.78 is 45.1. The molecule has 1 aromatic rings. The van der Waals surface area contributed by atoms with Crippen molar-refractivity contribution in [1.82, 2.24) is 0 Å². The summed E-state index contributed by atoms with van der Waals surface area (Å²) in [4.78, 5) is 24.2. The van der Waals surface area contributed by atoms with Crippen molar-refractivity contribution < 1.29 is 32.2 Å². The Balaban J connectivity index is 2.06. The number of benzene rings is 1. The first-order valence-electron chi connectivity index (χ1n) is 7.35. The highest BCUT2D eigenvalue weighted by Gasteiger charge is 2.39. The highest BCUT2D eigenvalue weighted by Crippen LogP contribution is 2.34. The summed E-state index contributed by atoms with van der Waals surface area (Å²) in [5.74, 6) is -2.09. The Morgan fingerprint density at radius 3 is 2.30 bits per heavy atom. The second-order valence-corrected chi connectivity index (χ2v) is 5.38. The topological polar surface area (TPSA) is 52.6 Å². The smallest absolute Gasteiger partial charge is 0.465 e. The molecule has 0 saturated heterocycles. The van der Waals surface area contributed by atoms with Crippen LogP contribution in [-0.4, -0.2) is 24.7 Å². The molecule has 0 amide bonds.